The minimum absolute atomic E-state index is 0.0982. The Morgan fingerprint density at radius 3 is 2.31 bits per heavy atom. The first-order valence-corrected chi connectivity index (χ1v) is 13.7. The number of para-hydroxylation sites is 2. The molecule has 5 atom stereocenters. The van der Waals surface area contributed by atoms with Gasteiger partial charge in [-0.3, -0.25) is 0 Å². The summed E-state index contributed by atoms with van der Waals surface area (Å²) in [6.45, 7) is 8.88. The lowest BCUT2D eigenvalue weighted by Crippen LogP contribution is -2.41. The molecule has 2 saturated heterocycles. The molecule has 2 aliphatic heterocycles. The van der Waals surface area contributed by atoms with Gasteiger partial charge in [0.25, 0.3) is 6.01 Å². The van der Waals surface area contributed by atoms with Crippen molar-refractivity contribution in [2.24, 2.45) is 0 Å². The van der Waals surface area contributed by atoms with Gasteiger partial charge in [-0.1, -0.05) is 76.8 Å². The van der Waals surface area contributed by atoms with E-state index >= 15 is 0 Å². The van der Waals surface area contributed by atoms with Crippen LogP contribution in [0.5, 0.6) is 0 Å². The number of hydrogen-bond donors (Lipinski definition) is 1. The van der Waals surface area contributed by atoms with Gasteiger partial charge in [0, 0.05) is 6.61 Å². The van der Waals surface area contributed by atoms with Crippen molar-refractivity contribution in [2.45, 2.75) is 128 Å². The molecule has 0 bridgehead atoms. The van der Waals surface area contributed by atoms with E-state index in [1.54, 1.807) is 0 Å². The van der Waals surface area contributed by atoms with Crippen LogP contribution in [0.1, 0.15) is 91.9 Å². The summed E-state index contributed by atoms with van der Waals surface area (Å²) in [5, 5.41) is 3.35. The molecule has 0 aliphatic carbocycles. The zero-order valence-corrected chi connectivity index (χ0v) is 22.0. The Morgan fingerprint density at radius 2 is 1.60 bits per heavy atom. The highest BCUT2D eigenvalue weighted by Crippen LogP contribution is 2.40. The van der Waals surface area contributed by atoms with Gasteiger partial charge in [-0.2, -0.15) is 4.98 Å². The van der Waals surface area contributed by atoms with E-state index in [0.29, 0.717) is 12.6 Å². The highest BCUT2D eigenvalue weighted by atomic mass is 16.8. The number of hydrogen-bond acceptors (Lipinski definition) is 7. The number of aromatic nitrogens is 1. The number of benzene rings is 1. The Labute approximate surface area is 210 Å². The van der Waals surface area contributed by atoms with E-state index in [2.05, 4.69) is 24.1 Å². The van der Waals surface area contributed by atoms with Gasteiger partial charge in [-0.25, -0.2) is 0 Å². The minimum atomic E-state index is -0.659. The molecule has 196 valence electrons. The second-order valence-corrected chi connectivity index (χ2v) is 10.5. The average molecular weight is 489 g/mol. The summed E-state index contributed by atoms with van der Waals surface area (Å²) in [7, 11) is 0. The number of nitrogens with zero attached hydrogens (tertiary/aromatic N) is 1. The zero-order valence-electron chi connectivity index (χ0n) is 22.0. The van der Waals surface area contributed by atoms with Crippen LogP contribution < -0.4 is 5.32 Å². The maximum Gasteiger partial charge on any atom is 0.295 e. The van der Waals surface area contributed by atoms with Crippen molar-refractivity contribution in [1.29, 1.82) is 0 Å². The number of rotatable bonds is 15. The predicted molar refractivity (Wildman–Crippen MR) is 137 cm³/mol. The van der Waals surface area contributed by atoms with Crippen molar-refractivity contribution in [3.63, 3.8) is 0 Å². The molecule has 2 aromatic rings. The van der Waals surface area contributed by atoms with Crippen LogP contribution in [0.2, 0.25) is 0 Å². The van der Waals surface area contributed by atoms with Crippen LogP contribution in [0.3, 0.4) is 0 Å². The fourth-order valence-electron chi connectivity index (χ4n) is 5.13. The number of fused-ring (bicyclic) bond motifs is 2. The summed E-state index contributed by atoms with van der Waals surface area (Å²) < 4.78 is 30.7. The number of anilines is 1. The summed E-state index contributed by atoms with van der Waals surface area (Å²) in [6, 6.07) is 8.11. The third kappa shape index (κ3) is 7.19. The van der Waals surface area contributed by atoms with Crippen molar-refractivity contribution in [3.05, 3.63) is 24.3 Å². The third-order valence-corrected chi connectivity index (χ3v) is 6.96. The lowest BCUT2D eigenvalue weighted by Gasteiger charge is -2.27. The molecule has 35 heavy (non-hydrogen) atoms. The Bertz CT molecular complexity index is 867. The lowest BCUT2D eigenvalue weighted by atomic mass is 10.1. The topological polar surface area (TPSA) is 75.0 Å². The van der Waals surface area contributed by atoms with Crippen LogP contribution in [0.15, 0.2) is 28.7 Å². The van der Waals surface area contributed by atoms with E-state index in [4.69, 9.17) is 23.4 Å². The first kappa shape index (κ1) is 26.4. The smallest absolute Gasteiger partial charge is 0.295 e. The maximum atomic E-state index is 6.32. The van der Waals surface area contributed by atoms with E-state index in [1.807, 2.05) is 38.1 Å². The largest absolute Gasteiger partial charge is 0.424 e. The zero-order chi connectivity index (χ0) is 24.7. The molecule has 7 heteroatoms. The van der Waals surface area contributed by atoms with E-state index in [1.165, 1.54) is 57.8 Å². The Morgan fingerprint density at radius 1 is 0.943 bits per heavy atom. The van der Waals surface area contributed by atoms with Crippen molar-refractivity contribution in [2.75, 3.05) is 11.9 Å². The maximum absolute atomic E-state index is 6.32. The highest BCUT2D eigenvalue weighted by molar-refractivity contribution is 5.74. The summed E-state index contributed by atoms with van der Waals surface area (Å²) in [6.07, 6.45) is 11.9. The van der Waals surface area contributed by atoms with Gasteiger partial charge in [-0.05, 0) is 39.3 Å². The van der Waals surface area contributed by atoms with Crippen LogP contribution in [0, 0.1) is 0 Å². The number of oxazole rings is 1. The average Bonchev–Trinajstić information content (AvgIpc) is 3.47. The van der Waals surface area contributed by atoms with Crippen LogP contribution in [0.25, 0.3) is 11.1 Å². The second-order valence-electron chi connectivity index (χ2n) is 10.5. The first-order valence-electron chi connectivity index (χ1n) is 13.7. The van der Waals surface area contributed by atoms with Crippen molar-refractivity contribution >= 4 is 17.1 Å². The van der Waals surface area contributed by atoms with Crippen LogP contribution in [-0.2, 0) is 18.9 Å². The molecule has 7 nitrogen and oxygen atoms in total. The molecule has 0 amide bonds. The molecule has 1 N–H and O–H groups in total. The quantitative estimate of drug-likeness (QED) is 0.276. The number of unbranched alkanes of at least 4 members (excludes halogenated alkanes) is 9. The number of ether oxygens (including phenoxy) is 4. The van der Waals surface area contributed by atoms with E-state index in [9.17, 15) is 0 Å². The van der Waals surface area contributed by atoms with Gasteiger partial charge in [0.2, 0.25) is 0 Å². The molecule has 3 heterocycles. The Kier molecular flexibility index (Phi) is 9.45. The van der Waals surface area contributed by atoms with E-state index < -0.39 is 12.1 Å². The Hall–Kier alpha value is -1.67. The van der Waals surface area contributed by atoms with Gasteiger partial charge >= 0.3 is 0 Å². The number of nitrogens with one attached hydrogen (secondary N) is 1. The van der Waals surface area contributed by atoms with Crippen LogP contribution >= 0.6 is 0 Å². The second kappa shape index (κ2) is 12.5. The molecule has 2 fully saturated rings. The standard InChI is InChI=1S/C28H44N2O5/c1-5-6-7-8-9-10-11-12-13-16-19-31-26-25-24(34-28(3,4)35-25)23(33-26)20(2)29-27-30-21-17-14-15-18-22(21)32-27/h14-15,17-18,20,23-26H,5-13,16,19H2,1-4H3,(H,29,30)/t20-,23+,24-,25-,26-/m0/s1. The molecule has 1 aromatic carbocycles. The third-order valence-electron chi connectivity index (χ3n) is 6.96. The molecular formula is C28H44N2O5. The summed E-state index contributed by atoms with van der Waals surface area (Å²) in [4.78, 5) is 4.53. The van der Waals surface area contributed by atoms with Gasteiger partial charge in [-0.15, -0.1) is 0 Å². The van der Waals surface area contributed by atoms with Gasteiger partial charge in [0.05, 0.1) is 6.04 Å². The summed E-state index contributed by atoms with van der Waals surface area (Å²) in [5.41, 5.74) is 1.58. The highest BCUT2D eigenvalue weighted by Gasteiger charge is 2.57. The van der Waals surface area contributed by atoms with Crippen molar-refractivity contribution < 1.29 is 23.4 Å². The van der Waals surface area contributed by atoms with Crippen LogP contribution in [0.4, 0.5) is 6.01 Å². The molecule has 1 aromatic heterocycles. The monoisotopic (exact) mass is 488 g/mol. The molecule has 0 radical (unpaired) electrons. The van der Waals surface area contributed by atoms with E-state index in [0.717, 1.165) is 17.5 Å². The van der Waals surface area contributed by atoms with Crippen LogP contribution in [-0.4, -0.2) is 48.0 Å². The van der Waals surface area contributed by atoms with Gasteiger partial charge < -0.3 is 28.7 Å². The van der Waals surface area contributed by atoms with E-state index in [-0.39, 0.29) is 24.4 Å². The summed E-state index contributed by atoms with van der Waals surface area (Å²) >= 11 is 0. The molecule has 4 rings (SSSR count). The van der Waals surface area contributed by atoms with Gasteiger partial charge in [0.15, 0.2) is 17.7 Å². The Balaban J connectivity index is 1.21. The van der Waals surface area contributed by atoms with Gasteiger partial charge in [0.1, 0.15) is 23.8 Å². The molecule has 2 aliphatic rings. The fraction of sp³-hybridized carbons (Fsp3) is 0.750. The van der Waals surface area contributed by atoms with Crippen molar-refractivity contribution in [1.82, 2.24) is 4.98 Å². The first-order chi connectivity index (χ1) is 17.0. The predicted octanol–water partition coefficient (Wildman–Crippen LogP) is 6.81. The molecule has 0 spiro atoms. The lowest BCUT2D eigenvalue weighted by molar-refractivity contribution is -0.234. The molecule has 0 saturated carbocycles. The molecular weight excluding hydrogens is 444 g/mol. The summed E-state index contributed by atoms with van der Waals surface area (Å²) in [5.74, 6) is -0.659. The normalized spacial score (nSPS) is 26.3. The fourth-order valence-corrected chi connectivity index (χ4v) is 5.13. The molecule has 0 unspecified atom stereocenters. The minimum Gasteiger partial charge on any atom is -0.424 e. The SMILES string of the molecule is CCCCCCCCCCCCO[C@H]1O[C@H]([C@H](C)Nc2nc3ccccc3o2)[C@@H]2OC(C)(C)O[C@H]12. The van der Waals surface area contributed by atoms with Crippen molar-refractivity contribution in [3.8, 4) is 0 Å².